The van der Waals surface area contributed by atoms with Crippen LogP contribution in [-0.4, -0.2) is 28.2 Å². The lowest BCUT2D eigenvalue weighted by Crippen LogP contribution is -2.44. The van der Waals surface area contributed by atoms with Crippen molar-refractivity contribution >= 4 is 11.6 Å². The third-order valence-electron chi connectivity index (χ3n) is 2.26. The molecule has 0 spiro atoms. The normalized spacial score (nSPS) is 13.4. The van der Waals surface area contributed by atoms with Crippen molar-refractivity contribution in [3.05, 3.63) is 16.4 Å². The summed E-state index contributed by atoms with van der Waals surface area (Å²) in [5.41, 5.74) is 0.193. The molecule has 0 radical (unpaired) electrons. The van der Waals surface area contributed by atoms with Gasteiger partial charge in [-0.15, -0.1) is 0 Å². The van der Waals surface area contributed by atoms with E-state index < -0.39 is 25.1 Å². The molecule has 3 nitrogen and oxygen atoms in total. The number of rotatable bonds is 3. The minimum absolute atomic E-state index is 0.0114. The summed E-state index contributed by atoms with van der Waals surface area (Å²) < 4.78 is 78.4. The maximum Gasteiger partial charge on any atom is 0.423 e. The predicted octanol–water partition coefficient (Wildman–Crippen LogP) is 3.39. The number of hydrogen-bond donors (Lipinski definition) is 0. The van der Waals surface area contributed by atoms with Gasteiger partial charge in [0.15, 0.2) is 0 Å². The lowest BCUT2D eigenvalue weighted by Gasteiger charge is -2.23. The standard InChI is InChI=1S/C9H9ClF6N2O/c1-4-5(6(10)18(2)17-4)3-19-7(8(11,12)13)9(14,15)16/h7H,3H2,1-2H3. The van der Waals surface area contributed by atoms with Crippen LogP contribution >= 0.6 is 11.6 Å². The first-order chi connectivity index (χ1) is 8.44. The molecule has 0 N–H and O–H groups in total. The van der Waals surface area contributed by atoms with E-state index in [0.717, 1.165) is 4.68 Å². The zero-order chi connectivity index (χ0) is 15.0. The summed E-state index contributed by atoms with van der Waals surface area (Å²) in [5, 5.41) is 3.69. The predicted molar refractivity (Wildman–Crippen MR) is 53.6 cm³/mol. The van der Waals surface area contributed by atoms with Crippen molar-refractivity contribution in [1.82, 2.24) is 9.78 Å². The molecule has 0 amide bonds. The van der Waals surface area contributed by atoms with Crippen LogP contribution < -0.4 is 0 Å². The minimum Gasteiger partial charge on any atom is -0.356 e. The Hall–Kier alpha value is -0.960. The first-order valence-electron chi connectivity index (χ1n) is 4.87. The van der Waals surface area contributed by atoms with Crippen LogP contribution in [0.15, 0.2) is 0 Å². The van der Waals surface area contributed by atoms with Gasteiger partial charge in [-0.05, 0) is 6.92 Å². The monoisotopic (exact) mass is 310 g/mol. The SMILES string of the molecule is Cc1nn(C)c(Cl)c1COC(C(F)(F)F)C(F)(F)F. The van der Waals surface area contributed by atoms with E-state index in [9.17, 15) is 26.3 Å². The fraction of sp³-hybridized carbons (Fsp3) is 0.667. The third kappa shape index (κ3) is 3.75. The molecule has 110 valence electrons. The number of alkyl halides is 6. The van der Waals surface area contributed by atoms with Crippen LogP contribution in [0.3, 0.4) is 0 Å². The van der Waals surface area contributed by atoms with Crippen LogP contribution in [0.5, 0.6) is 0 Å². The average molecular weight is 311 g/mol. The van der Waals surface area contributed by atoms with Gasteiger partial charge in [-0.25, -0.2) is 0 Å². The molecule has 0 aliphatic rings. The van der Waals surface area contributed by atoms with Gasteiger partial charge in [0.05, 0.1) is 12.3 Å². The van der Waals surface area contributed by atoms with Crippen LogP contribution in [0, 0.1) is 6.92 Å². The summed E-state index contributed by atoms with van der Waals surface area (Å²) in [5.74, 6) is 0. The van der Waals surface area contributed by atoms with E-state index in [-0.39, 0.29) is 16.4 Å². The van der Waals surface area contributed by atoms with Crippen LogP contribution in [-0.2, 0) is 18.4 Å². The Labute approximate surface area is 109 Å². The van der Waals surface area contributed by atoms with Crippen LogP contribution in [0.2, 0.25) is 5.15 Å². The van der Waals surface area contributed by atoms with Crippen molar-refractivity contribution in [1.29, 1.82) is 0 Å². The third-order valence-corrected chi connectivity index (χ3v) is 2.73. The summed E-state index contributed by atoms with van der Waals surface area (Å²) >= 11 is 5.68. The Morgan fingerprint density at radius 3 is 2.00 bits per heavy atom. The largest absolute Gasteiger partial charge is 0.423 e. The van der Waals surface area contributed by atoms with E-state index in [0.29, 0.717) is 0 Å². The van der Waals surface area contributed by atoms with E-state index in [1.165, 1.54) is 14.0 Å². The van der Waals surface area contributed by atoms with E-state index in [1.54, 1.807) is 0 Å². The highest BCUT2D eigenvalue weighted by atomic mass is 35.5. The Morgan fingerprint density at radius 1 is 1.21 bits per heavy atom. The molecule has 0 unspecified atom stereocenters. The summed E-state index contributed by atoms with van der Waals surface area (Å²) in [7, 11) is 1.41. The first kappa shape index (κ1) is 16.1. The molecule has 1 rings (SSSR count). The van der Waals surface area contributed by atoms with E-state index in [4.69, 9.17) is 11.6 Å². The molecule has 1 aromatic heterocycles. The van der Waals surface area contributed by atoms with Gasteiger partial charge in [-0.3, -0.25) is 4.68 Å². The zero-order valence-corrected chi connectivity index (χ0v) is 10.5. The van der Waals surface area contributed by atoms with E-state index in [1.807, 2.05) is 0 Å². The Bertz CT molecular complexity index is 439. The molecule has 0 atom stereocenters. The topological polar surface area (TPSA) is 27.1 Å². The van der Waals surface area contributed by atoms with Gasteiger partial charge >= 0.3 is 12.4 Å². The lowest BCUT2D eigenvalue weighted by atomic mass is 10.2. The van der Waals surface area contributed by atoms with Gasteiger partial charge in [-0.1, -0.05) is 11.6 Å². The Morgan fingerprint density at radius 2 is 1.68 bits per heavy atom. The molecule has 10 heteroatoms. The number of aryl methyl sites for hydroxylation is 2. The molecule has 1 aromatic rings. The van der Waals surface area contributed by atoms with Gasteiger partial charge < -0.3 is 4.74 Å². The molecular weight excluding hydrogens is 302 g/mol. The maximum absolute atomic E-state index is 12.2. The zero-order valence-electron chi connectivity index (χ0n) is 9.73. The van der Waals surface area contributed by atoms with Crippen molar-refractivity contribution in [2.75, 3.05) is 0 Å². The molecule has 1 heterocycles. The average Bonchev–Trinajstić information content (AvgIpc) is 2.40. The van der Waals surface area contributed by atoms with Crippen LogP contribution in [0.4, 0.5) is 26.3 Å². The van der Waals surface area contributed by atoms with Crippen molar-refractivity contribution in [2.45, 2.75) is 32.0 Å². The molecule has 0 fully saturated rings. The fourth-order valence-corrected chi connectivity index (χ4v) is 1.61. The number of nitrogens with zero attached hydrogens (tertiary/aromatic N) is 2. The van der Waals surface area contributed by atoms with E-state index in [2.05, 4.69) is 9.84 Å². The van der Waals surface area contributed by atoms with Crippen molar-refractivity contribution in [2.24, 2.45) is 7.05 Å². The molecule has 19 heavy (non-hydrogen) atoms. The van der Waals surface area contributed by atoms with Crippen molar-refractivity contribution in [3.8, 4) is 0 Å². The molecule has 0 saturated carbocycles. The second-order valence-electron chi connectivity index (χ2n) is 3.75. The number of aromatic nitrogens is 2. The quantitative estimate of drug-likeness (QED) is 0.800. The summed E-state index contributed by atoms with van der Waals surface area (Å²) in [6, 6.07) is 0. The molecule has 0 aliphatic heterocycles. The van der Waals surface area contributed by atoms with Gasteiger partial charge in [0.25, 0.3) is 0 Å². The smallest absolute Gasteiger partial charge is 0.356 e. The van der Waals surface area contributed by atoms with Gasteiger partial charge in [-0.2, -0.15) is 31.4 Å². The highest BCUT2D eigenvalue weighted by Crippen LogP contribution is 2.36. The number of hydrogen-bond acceptors (Lipinski definition) is 2. The minimum atomic E-state index is -5.54. The van der Waals surface area contributed by atoms with Crippen molar-refractivity contribution < 1.29 is 31.1 Å². The second kappa shape index (κ2) is 5.20. The lowest BCUT2D eigenvalue weighted by molar-refractivity contribution is -0.324. The Kier molecular flexibility index (Phi) is 4.40. The second-order valence-corrected chi connectivity index (χ2v) is 4.11. The molecule has 0 saturated heterocycles. The highest BCUT2D eigenvalue weighted by molar-refractivity contribution is 6.30. The van der Waals surface area contributed by atoms with Crippen LogP contribution in [0.1, 0.15) is 11.3 Å². The summed E-state index contributed by atoms with van der Waals surface area (Å²) in [4.78, 5) is 0. The molecule has 0 aromatic carbocycles. The fourth-order valence-electron chi connectivity index (χ4n) is 1.38. The highest BCUT2D eigenvalue weighted by Gasteiger charge is 2.58. The number of halogens is 7. The van der Waals surface area contributed by atoms with E-state index >= 15 is 0 Å². The maximum atomic E-state index is 12.2. The molecular formula is C9H9ClF6N2O. The van der Waals surface area contributed by atoms with Gasteiger partial charge in [0.2, 0.25) is 6.10 Å². The van der Waals surface area contributed by atoms with Crippen molar-refractivity contribution in [3.63, 3.8) is 0 Å². The summed E-state index contributed by atoms with van der Waals surface area (Å²) in [6.07, 6.45) is -14.9. The Balaban J connectivity index is 2.89. The first-order valence-corrected chi connectivity index (χ1v) is 5.25. The molecule has 0 bridgehead atoms. The number of ether oxygens (including phenoxy) is 1. The van der Waals surface area contributed by atoms with Gasteiger partial charge in [0, 0.05) is 12.6 Å². The molecule has 0 aliphatic carbocycles. The summed E-state index contributed by atoms with van der Waals surface area (Å²) in [6.45, 7) is 0.475. The van der Waals surface area contributed by atoms with Gasteiger partial charge in [0.1, 0.15) is 5.15 Å². The van der Waals surface area contributed by atoms with Crippen LogP contribution in [0.25, 0.3) is 0 Å².